The van der Waals surface area contributed by atoms with Crippen LogP contribution in [-0.4, -0.2) is 6.04 Å². The first-order chi connectivity index (χ1) is 10.3. The predicted octanol–water partition coefficient (Wildman–Crippen LogP) is 4.81. The van der Waals surface area contributed by atoms with Crippen LogP contribution in [0.2, 0.25) is 0 Å². The Kier molecular flexibility index (Phi) is 4.72. The van der Waals surface area contributed by atoms with Gasteiger partial charge in [0.1, 0.15) is 0 Å². The highest BCUT2D eigenvalue weighted by Crippen LogP contribution is 2.32. The van der Waals surface area contributed by atoms with Crippen molar-refractivity contribution >= 4 is 0 Å². The van der Waals surface area contributed by atoms with Gasteiger partial charge in [0.05, 0.1) is 0 Å². The summed E-state index contributed by atoms with van der Waals surface area (Å²) in [6, 6.07) is 20.6. The summed E-state index contributed by atoms with van der Waals surface area (Å²) in [5.41, 5.74) is 4.25. The van der Waals surface area contributed by atoms with Gasteiger partial charge in [-0.25, -0.2) is 0 Å². The lowest BCUT2D eigenvalue weighted by Crippen LogP contribution is -2.32. The number of aryl methyl sites for hydroxylation is 1. The van der Waals surface area contributed by atoms with Gasteiger partial charge in [0.15, 0.2) is 0 Å². The van der Waals surface area contributed by atoms with Crippen molar-refractivity contribution in [2.24, 2.45) is 0 Å². The highest BCUT2D eigenvalue weighted by molar-refractivity contribution is 5.22. The van der Waals surface area contributed by atoms with E-state index in [-0.39, 0.29) is 0 Å². The molecule has 0 heterocycles. The Labute approximate surface area is 128 Å². The van der Waals surface area contributed by atoms with Crippen molar-refractivity contribution in [1.29, 1.82) is 0 Å². The summed E-state index contributed by atoms with van der Waals surface area (Å²) < 4.78 is 0. The lowest BCUT2D eigenvalue weighted by Gasteiger charge is -2.29. The van der Waals surface area contributed by atoms with E-state index in [2.05, 4.69) is 66.8 Å². The SMILES string of the molecule is Cc1ccc(CNC2CCC(c3ccccc3)CC2)cc1. The molecule has 0 aromatic heterocycles. The molecule has 0 aliphatic heterocycles. The molecule has 1 heteroatoms. The molecule has 1 aliphatic rings. The van der Waals surface area contributed by atoms with Gasteiger partial charge in [0, 0.05) is 12.6 Å². The summed E-state index contributed by atoms with van der Waals surface area (Å²) in [5.74, 6) is 0.767. The van der Waals surface area contributed by atoms with Crippen LogP contribution >= 0.6 is 0 Å². The Morgan fingerprint density at radius 3 is 2.19 bits per heavy atom. The molecule has 0 atom stereocenters. The number of rotatable bonds is 4. The smallest absolute Gasteiger partial charge is 0.0208 e. The Balaban J connectivity index is 1.47. The first-order valence-electron chi connectivity index (χ1n) is 8.15. The lowest BCUT2D eigenvalue weighted by molar-refractivity contribution is 0.341. The third kappa shape index (κ3) is 3.95. The van der Waals surface area contributed by atoms with Crippen LogP contribution in [0.25, 0.3) is 0 Å². The monoisotopic (exact) mass is 279 g/mol. The second-order valence-corrected chi connectivity index (χ2v) is 6.33. The zero-order valence-electron chi connectivity index (χ0n) is 12.9. The second kappa shape index (κ2) is 6.91. The van der Waals surface area contributed by atoms with Crippen LogP contribution in [0.5, 0.6) is 0 Å². The van der Waals surface area contributed by atoms with E-state index in [9.17, 15) is 0 Å². The maximum atomic E-state index is 3.73. The summed E-state index contributed by atoms with van der Waals surface area (Å²) in [7, 11) is 0. The number of benzene rings is 2. The first-order valence-corrected chi connectivity index (χ1v) is 8.15. The van der Waals surface area contributed by atoms with Crippen LogP contribution in [0.1, 0.15) is 48.3 Å². The molecule has 0 amide bonds. The predicted molar refractivity (Wildman–Crippen MR) is 89.5 cm³/mol. The van der Waals surface area contributed by atoms with E-state index >= 15 is 0 Å². The molecule has 21 heavy (non-hydrogen) atoms. The van der Waals surface area contributed by atoms with E-state index in [0.29, 0.717) is 6.04 Å². The molecular weight excluding hydrogens is 254 g/mol. The van der Waals surface area contributed by atoms with Crippen LogP contribution in [0.3, 0.4) is 0 Å². The van der Waals surface area contributed by atoms with E-state index in [1.807, 2.05) is 0 Å². The van der Waals surface area contributed by atoms with E-state index < -0.39 is 0 Å². The minimum atomic E-state index is 0.686. The largest absolute Gasteiger partial charge is 0.310 e. The van der Waals surface area contributed by atoms with Crippen LogP contribution in [0, 0.1) is 6.92 Å². The fourth-order valence-electron chi connectivity index (χ4n) is 3.32. The molecule has 3 rings (SSSR count). The van der Waals surface area contributed by atoms with Crippen LogP contribution < -0.4 is 5.32 Å². The van der Waals surface area contributed by atoms with Crippen LogP contribution in [-0.2, 0) is 6.54 Å². The third-order valence-electron chi connectivity index (χ3n) is 4.71. The fraction of sp³-hybridized carbons (Fsp3) is 0.400. The molecule has 1 saturated carbocycles. The summed E-state index contributed by atoms with van der Waals surface area (Å²) in [4.78, 5) is 0. The van der Waals surface area contributed by atoms with Crippen molar-refractivity contribution in [3.05, 3.63) is 71.3 Å². The molecule has 0 radical (unpaired) electrons. The van der Waals surface area contributed by atoms with Crippen LogP contribution in [0.4, 0.5) is 0 Å². The first kappa shape index (κ1) is 14.3. The maximum Gasteiger partial charge on any atom is 0.0208 e. The summed E-state index contributed by atoms with van der Waals surface area (Å²) in [5, 5.41) is 3.73. The Morgan fingerprint density at radius 2 is 1.52 bits per heavy atom. The molecule has 1 fully saturated rings. The zero-order valence-corrected chi connectivity index (χ0v) is 12.9. The van der Waals surface area contributed by atoms with Crippen molar-refractivity contribution < 1.29 is 0 Å². The van der Waals surface area contributed by atoms with Crippen molar-refractivity contribution in [2.45, 2.75) is 51.1 Å². The van der Waals surface area contributed by atoms with Gasteiger partial charge in [-0.05, 0) is 49.7 Å². The van der Waals surface area contributed by atoms with E-state index in [1.54, 1.807) is 0 Å². The minimum absolute atomic E-state index is 0.686. The van der Waals surface area contributed by atoms with Crippen molar-refractivity contribution in [3.8, 4) is 0 Å². The summed E-state index contributed by atoms with van der Waals surface area (Å²) >= 11 is 0. The maximum absolute atomic E-state index is 3.73. The summed E-state index contributed by atoms with van der Waals surface area (Å²) in [6.45, 7) is 3.14. The molecule has 2 aromatic rings. The van der Waals surface area contributed by atoms with E-state index in [0.717, 1.165) is 12.5 Å². The third-order valence-corrected chi connectivity index (χ3v) is 4.71. The standard InChI is InChI=1S/C20H25N/c1-16-7-9-17(10-8-16)15-21-20-13-11-19(12-14-20)18-5-3-2-4-6-18/h2-10,19-21H,11-15H2,1H3. The minimum Gasteiger partial charge on any atom is -0.310 e. The van der Waals surface area contributed by atoms with Gasteiger partial charge >= 0.3 is 0 Å². The average molecular weight is 279 g/mol. The topological polar surface area (TPSA) is 12.0 Å². The Bertz CT molecular complexity index is 536. The number of hydrogen-bond acceptors (Lipinski definition) is 1. The average Bonchev–Trinajstić information content (AvgIpc) is 2.56. The van der Waals surface area contributed by atoms with Crippen molar-refractivity contribution in [2.75, 3.05) is 0 Å². The Hall–Kier alpha value is -1.60. The molecule has 0 bridgehead atoms. The number of nitrogens with one attached hydrogen (secondary N) is 1. The molecule has 1 aliphatic carbocycles. The Morgan fingerprint density at radius 1 is 0.857 bits per heavy atom. The van der Waals surface area contributed by atoms with Crippen molar-refractivity contribution in [3.63, 3.8) is 0 Å². The molecule has 0 saturated heterocycles. The van der Waals surface area contributed by atoms with Gasteiger partial charge < -0.3 is 5.32 Å². The zero-order chi connectivity index (χ0) is 14.5. The molecule has 0 spiro atoms. The van der Waals surface area contributed by atoms with Gasteiger partial charge in [0.25, 0.3) is 0 Å². The van der Waals surface area contributed by atoms with Gasteiger partial charge in [-0.3, -0.25) is 0 Å². The second-order valence-electron chi connectivity index (χ2n) is 6.33. The van der Waals surface area contributed by atoms with Gasteiger partial charge in [-0.15, -0.1) is 0 Å². The highest BCUT2D eigenvalue weighted by atomic mass is 14.9. The van der Waals surface area contributed by atoms with E-state index in [4.69, 9.17) is 0 Å². The summed E-state index contributed by atoms with van der Waals surface area (Å²) in [6.07, 6.45) is 5.22. The molecular formula is C20H25N. The van der Waals surface area contributed by atoms with Crippen molar-refractivity contribution in [1.82, 2.24) is 5.32 Å². The van der Waals surface area contributed by atoms with Gasteiger partial charge in [0.2, 0.25) is 0 Å². The highest BCUT2D eigenvalue weighted by Gasteiger charge is 2.21. The molecule has 110 valence electrons. The van der Waals surface area contributed by atoms with Gasteiger partial charge in [-0.2, -0.15) is 0 Å². The fourth-order valence-corrected chi connectivity index (χ4v) is 3.32. The van der Waals surface area contributed by atoms with Crippen LogP contribution in [0.15, 0.2) is 54.6 Å². The molecule has 0 unspecified atom stereocenters. The quantitative estimate of drug-likeness (QED) is 0.846. The van der Waals surface area contributed by atoms with Gasteiger partial charge in [-0.1, -0.05) is 60.2 Å². The molecule has 2 aromatic carbocycles. The van der Waals surface area contributed by atoms with E-state index in [1.165, 1.54) is 42.4 Å². The lowest BCUT2D eigenvalue weighted by atomic mass is 9.82. The normalized spacial score (nSPS) is 22.1. The molecule has 1 N–H and O–H groups in total. The molecule has 1 nitrogen and oxygen atoms in total. The number of hydrogen-bond donors (Lipinski definition) is 1.